The molecule has 3 heterocycles. The summed E-state index contributed by atoms with van der Waals surface area (Å²) in [5, 5.41) is 9.49. The number of rotatable bonds is 14. The number of amides is 1. The van der Waals surface area contributed by atoms with Gasteiger partial charge in [0.15, 0.2) is 15.7 Å². The number of carbonyl (C=O) groups excluding carboxylic acids is 1. The first-order chi connectivity index (χ1) is 30.4. The second-order valence-electron chi connectivity index (χ2n) is 16.5. The Morgan fingerprint density at radius 1 is 0.954 bits per heavy atom. The molecule has 3 aliphatic rings. The first kappa shape index (κ1) is 46.0. The fourth-order valence-electron chi connectivity index (χ4n) is 7.89. The molecule has 8 rings (SSSR count). The summed E-state index contributed by atoms with van der Waals surface area (Å²) < 4.78 is 171. The Labute approximate surface area is 371 Å². The van der Waals surface area contributed by atoms with E-state index in [0.29, 0.717) is 23.6 Å². The van der Waals surface area contributed by atoms with Gasteiger partial charge in [-0.05, 0) is 74.9 Å². The molecule has 3 aliphatic carbocycles. The number of nitrogens with zero attached hydrogens (tertiary/aromatic N) is 5. The average Bonchev–Trinajstić information content (AvgIpc) is 3.86. The maximum atomic E-state index is 15.7. The lowest BCUT2D eigenvalue weighted by atomic mass is 9.81. The third kappa shape index (κ3) is 8.69. The number of sulfone groups is 1. The van der Waals surface area contributed by atoms with Crippen molar-refractivity contribution in [2.24, 2.45) is 5.92 Å². The number of benzene rings is 2. The van der Waals surface area contributed by atoms with Gasteiger partial charge in [0.25, 0.3) is 18.8 Å². The Kier molecular flexibility index (Phi) is 11.6. The Morgan fingerprint density at radius 3 is 2.23 bits per heavy atom. The van der Waals surface area contributed by atoms with Crippen molar-refractivity contribution in [1.82, 2.24) is 29.9 Å². The molecule has 23 heteroatoms. The first-order valence-corrected chi connectivity index (χ1v) is 23.6. The molecule has 344 valence electrons. The minimum absolute atomic E-state index is 0.00616. The zero-order valence-corrected chi connectivity index (χ0v) is 36.6. The second-order valence-corrected chi connectivity index (χ2v) is 21.4. The molecule has 2 N–H and O–H groups in total. The molecule has 0 bridgehead atoms. The second kappa shape index (κ2) is 16.4. The molecular weight excluding hydrogens is 934 g/mol. The van der Waals surface area contributed by atoms with Gasteiger partial charge in [-0.15, -0.1) is 0 Å². The molecule has 12 nitrogen and oxygen atoms in total. The fourth-order valence-corrected chi connectivity index (χ4v) is 9.71. The van der Waals surface area contributed by atoms with Crippen LogP contribution in [0.5, 0.6) is 0 Å². The lowest BCUT2D eigenvalue weighted by molar-refractivity contribution is -0.123. The number of fused-ring (bicyclic) bond motifs is 4. The number of hydrogen-bond donors (Lipinski definition) is 2. The zero-order chi connectivity index (χ0) is 47.1. The number of hydrogen-bond acceptors (Lipinski definition) is 8. The van der Waals surface area contributed by atoms with E-state index < -0.39 is 121 Å². The quantitative estimate of drug-likeness (QED) is 0.0645. The zero-order valence-electron chi connectivity index (χ0n) is 34.2. The van der Waals surface area contributed by atoms with Crippen LogP contribution in [0.2, 0.25) is 5.02 Å². The van der Waals surface area contributed by atoms with Crippen LogP contribution in [0.3, 0.4) is 0 Å². The summed E-state index contributed by atoms with van der Waals surface area (Å²) in [5.41, 5.74) is -2.83. The van der Waals surface area contributed by atoms with Gasteiger partial charge in [0, 0.05) is 34.9 Å². The number of sulfonamides is 1. The van der Waals surface area contributed by atoms with Gasteiger partial charge in [-0.1, -0.05) is 35.7 Å². The maximum absolute atomic E-state index is 15.7. The summed E-state index contributed by atoms with van der Waals surface area (Å²) in [4.78, 5) is 18.8. The summed E-state index contributed by atoms with van der Waals surface area (Å²) >= 11 is 6.63. The molecular formula is C42H36ClF8N7O5S2. The highest BCUT2D eigenvalue weighted by Gasteiger charge is 2.60. The van der Waals surface area contributed by atoms with Crippen LogP contribution in [0, 0.1) is 29.4 Å². The molecule has 1 saturated carbocycles. The van der Waals surface area contributed by atoms with E-state index in [1.54, 1.807) is 0 Å². The van der Waals surface area contributed by atoms with Crippen molar-refractivity contribution in [3.63, 3.8) is 0 Å². The molecule has 3 aromatic heterocycles. The fraction of sp³-hybridized carbons (Fsp3) is 0.381. The van der Waals surface area contributed by atoms with Gasteiger partial charge >= 0.3 is 0 Å². The molecule has 65 heavy (non-hydrogen) atoms. The molecule has 2 aromatic carbocycles. The van der Waals surface area contributed by atoms with E-state index in [2.05, 4.69) is 37.1 Å². The minimum Gasteiger partial charge on any atom is -0.346 e. The Morgan fingerprint density at radius 2 is 1.63 bits per heavy atom. The Bertz CT molecular complexity index is 3090. The Hall–Kier alpha value is -5.53. The van der Waals surface area contributed by atoms with Crippen LogP contribution in [0.4, 0.5) is 40.9 Å². The summed E-state index contributed by atoms with van der Waals surface area (Å²) in [6, 6.07) is 6.22. The molecule has 0 radical (unpaired) electrons. The van der Waals surface area contributed by atoms with Crippen molar-refractivity contribution in [3.05, 3.63) is 105 Å². The number of pyridine rings is 1. The lowest BCUT2D eigenvalue weighted by Gasteiger charge is -2.27. The normalized spacial score (nSPS) is 18.3. The smallest absolute Gasteiger partial charge is 0.296 e. The lowest BCUT2D eigenvalue weighted by Crippen LogP contribution is -2.35. The van der Waals surface area contributed by atoms with Crippen molar-refractivity contribution >= 4 is 54.1 Å². The van der Waals surface area contributed by atoms with E-state index in [1.807, 2.05) is 0 Å². The SMILES string of the molecule is CC(C)(C#Cc1ccc(-c2ccc(Cl)c3c(NS(=O)(=O)C4CC4)nn(CC(F)F)c23)c([C@H](Cc2cc(F)cc(F)c2)NC(=O)Cn2nc(C(F)F)c3c2C(F)(F)[C@@H]2C=C[C@H]32)n1)S(C)(=O)=O. The van der Waals surface area contributed by atoms with Gasteiger partial charge in [-0.2, -0.15) is 19.0 Å². The molecule has 0 aliphatic heterocycles. The topological polar surface area (TPSA) is 158 Å². The molecule has 3 atom stereocenters. The standard InChI is InChI=1S/C42H36ClF8N7O5S2/c1-41(2,64(3,60)61)13-12-23-4-7-25(26-9-11-29(43)34-37(26)57(18-31(46)47)55-40(34)56-65(62,63)24-5-6-24)35(52-23)30(16-20-14-21(44)17-22(45)15-20)53-32(59)19-58-38-33(36(54-58)39(48)49)27-8-10-28(27)42(38,50)51/h4,7-11,14-15,17,24,27-28,30-31,39H,5-6,16,18-19H2,1-3H3,(H,53,59)(H,55,56)/t27-,28+,30-/m0/s1. The highest BCUT2D eigenvalue weighted by atomic mass is 35.5. The highest BCUT2D eigenvalue weighted by molar-refractivity contribution is 7.93. The van der Waals surface area contributed by atoms with E-state index >= 15 is 8.78 Å². The molecule has 1 amide bonds. The minimum atomic E-state index is -4.05. The largest absolute Gasteiger partial charge is 0.346 e. The third-order valence-electron chi connectivity index (χ3n) is 11.5. The van der Waals surface area contributed by atoms with Crippen LogP contribution in [-0.2, 0) is 50.1 Å². The molecule has 0 saturated heterocycles. The van der Waals surface area contributed by atoms with Crippen molar-refractivity contribution < 1.29 is 56.8 Å². The van der Waals surface area contributed by atoms with E-state index in [4.69, 9.17) is 11.6 Å². The van der Waals surface area contributed by atoms with Crippen LogP contribution in [0.1, 0.15) is 79.0 Å². The van der Waals surface area contributed by atoms with Gasteiger partial charge in [0.1, 0.15) is 46.6 Å². The third-order valence-corrected chi connectivity index (χ3v) is 15.6. The highest BCUT2D eigenvalue weighted by Crippen LogP contribution is 2.60. The number of nitrogens with one attached hydrogen (secondary N) is 2. The van der Waals surface area contributed by atoms with E-state index in [0.717, 1.165) is 23.1 Å². The molecule has 0 unspecified atom stereocenters. The van der Waals surface area contributed by atoms with E-state index in [1.165, 1.54) is 50.3 Å². The van der Waals surface area contributed by atoms with E-state index in [-0.39, 0.29) is 49.8 Å². The summed E-state index contributed by atoms with van der Waals surface area (Å²) in [7, 11) is -7.84. The number of halogens is 9. The summed E-state index contributed by atoms with van der Waals surface area (Å²) in [6.07, 6.45) is -2.70. The van der Waals surface area contributed by atoms with Gasteiger partial charge in [0.05, 0.1) is 38.8 Å². The van der Waals surface area contributed by atoms with Crippen molar-refractivity contribution in [2.75, 3.05) is 11.0 Å². The van der Waals surface area contributed by atoms with Crippen LogP contribution < -0.4 is 10.0 Å². The van der Waals surface area contributed by atoms with Crippen molar-refractivity contribution in [2.45, 2.75) is 86.9 Å². The van der Waals surface area contributed by atoms with Crippen molar-refractivity contribution in [1.29, 1.82) is 0 Å². The number of anilines is 1. The van der Waals surface area contributed by atoms with Gasteiger partial charge < -0.3 is 5.32 Å². The van der Waals surface area contributed by atoms with Crippen LogP contribution in [0.15, 0.2) is 54.6 Å². The van der Waals surface area contributed by atoms with E-state index in [9.17, 15) is 48.0 Å². The number of allylic oxidation sites excluding steroid dienone is 2. The predicted octanol–water partition coefficient (Wildman–Crippen LogP) is 7.98. The van der Waals surface area contributed by atoms with Gasteiger partial charge in [-0.25, -0.2) is 48.2 Å². The molecule has 1 fully saturated rings. The maximum Gasteiger partial charge on any atom is 0.296 e. The average molecular weight is 970 g/mol. The Balaban J connectivity index is 1.32. The van der Waals surface area contributed by atoms with Gasteiger partial charge in [-0.3, -0.25) is 18.9 Å². The molecule has 0 spiro atoms. The predicted molar refractivity (Wildman–Crippen MR) is 223 cm³/mol. The number of carbonyl (C=O) groups is 1. The monoisotopic (exact) mass is 969 g/mol. The van der Waals surface area contributed by atoms with Crippen LogP contribution >= 0.6 is 11.6 Å². The van der Waals surface area contributed by atoms with Crippen molar-refractivity contribution in [3.8, 4) is 23.0 Å². The first-order valence-electron chi connectivity index (χ1n) is 19.8. The number of alkyl halides is 6. The number of aromatic nitrogens is 5. The van der Waals surface area contributed by atoms with Crippen LogP contribution in [0.25, 0.3) is 22.0 Å². The van der Waals surface area contributed by atoms with Gasteiger partial charge in [0.2, 0.25) is 15.9 Å². The summed E-state index contributed by atoms with van der Waals surface area (Å²) in [6.45, 7) is 0.506. The van der Waals surface area contributed by atoms with Crippen LogP contribution in [-0.4, -0.2) is 70.0 Å². The molecule has 5 aromatic rings. The summed E-state index contributed by atoms with van der Waals surface area (Å²) in [5.74, 6) is -4.48.